The molecule has 1 N–H and O–H groups in total. The third-order valence-electron chi connectivity index (χ3n) is 4.76. The van der Waals surface area contributed by atoms with Gasteiger partial charge in [0.05, 0.1) is 5.69 Å². The Morgan fingerprint density at radius 3 is 2.45 bits per heavy atom. The number of nitrogens with one attached hydrogen (secondary N) is 1. The minimum atomic E-state index is -4.68. The van der Waals surface area contributed by atoms with E-state index in [9.17, 15) is 22.4 Å². The quantitative estimate of drug-likeness (QED) is 0.668. The van der Waals surface area contributed by atoms with E-state index in [-0.39, 0.29) is 29.2 Å². The first kappa shape index (κ1) is 19.1. The number of halogens is 4. The van der Waals surface area contributed by atoms with Crippen LogP contribution < -0.4 is 0 Å². The van der Waals surface area contributed by atoms with Gasteiger partial charge < -0.3 is 9.32 Å². The molecule has 0 saturated carbocycles. The number of amides is 1. The molecular formula is C18H15F4N5O2. The maximum Gasteiger partial charge on any atom is 0.470 e. The molecule has 0 spiro atoms. The van der Waals surface area contributed by atoms with Crippen molar-refractivity contribution in [1.29, 1.82) is 0 Å². The van der Waals surface area contributed by atoms with Crippen molar-refractivity contribution in [2.24, 2.45) is 0 Å². The minimum Gasteiger partial charge on any atom is -0.417 e. The monoisotopic (exact) mass is 409 g/mol. The van der Waals surface area contributed by atoms with Gasteiger partial charge in [-0.3, -0.25) is 9.89 Å². The Labute approximate surface area is 161 Å². The highest BCUT2D eigenvalue weighted by atomic mass is 19.4. The second kappa shape index (κ2) is 7.30. The van der Waals surface area contributed by atoms with Crippen molar-refractivity contribution >= 4 is 5.91 Å². The molecule has 1 amide bonds. The molecule has 0 atom stereocenters. The molecule has 3 aromatic rings. The largest absolute Gasteiger partial charge is 0.470 e. The zero-order chi connectivity index (χ0) is 20.6. The van der Waals surface area contributed by atoms with Crippen molar-refractivity contribution in [2.75, 3.05) is 13.1 Å². The van der Waals surface area contributed by atoms with Crippen LogP contribution in [0.25, 0.3) is 11.3 Å². The molecule has 4 rings (SSSR count). The van der Waals surface area contributed by atoms with Crippen LogP contribution in [0.5, 0.6) is 0 Å². The molecule has 0 aliphatic carbocycles. The molecule has 29 heavy (non-hydrogen) atoms. The van der Waals surface area contributed by atoms with Gasteiger partial charge >= 0.3 is 12.1 Å². The highest BCUT2D eigenvalue weighted by molar-refractivity contribution is 5.93. The van der Waals surface area contributed by atoms with Crippen molar-refractivity contribution in [3.8, 4) is 11.3 Å². The second-order valence-corrected chi connectivity index (χ2v) is 6.68. The Hall–Kier alpha value is -3.24. The molecule has 0 radical (unpaired) electrons. The number of rotatable bonds is 3. The van der Waals surface area contributed by atoms with Gasteiger partial charge in [0, 0.05) is 24.6 Å². The number of likely N-dealkylation sites (tertiary alicyclic amines) is 1. The molecule has 1 saturated heterocycles. The van der Waals surface area contributed by atoms with Crippen molar-refractivity contribution in [3.05, 3.63) is 53.6 Å². The van der Waals surface area contributed by atoms with Gasteiger partial charge in [0.2, 0.25) is 5.89 Å². The van der Waals surface area contributed by atoms with Gasteiger partial charge in [-0.05, 0) is 43.2 Å². The maximum atomic E-state index is 13.0. The summed E-state index contributed by atoms with van der Waals surface area (Å²) in [7, 11) is 0. The van der Waals surface area contributed by atoms with Crippen LogP contribution in [-0.4, -0.2) is 44.3 Å². The van der Waals surface area contributed by atoms with Crippen molar-refractivity contribution < 1.29 is 26.8 Å². The third-order valence-corrected chi connectivity index (χ3v) is 4.76. The van der Waals surface area contributed by atoms with Crippen molar-refractivity contribution in [3.63, 3.8) is 0 Å². The highest BCUT2D eigenvalue weighted by Crippen LogP contribution is 2.32. The van der Waals surface area contributed by atoms with E-state index in [1.165, 1.54) is 12.1 Å². The molecular weight excluding hydrogens is 394 g/mol. The fourth-order valence-electron chi connectivity index (χ4n) is 3.21. The SMILES string of the molecule is O=C(c1cc(-c2ccc(F)cc2)n[nH]1)N1CCC(c2nnc(C(F)(F)F)o2)CC1. The Kier molecular flexibility index (Phi) is 4.81. The molecule has 152 valence electrons. The number of hydrogen-bond donors (Lipinski definition) is 1. The summed E-state index contributed by atoms with van der Waals surface area (Å²) in [6.45, 7) is 0.663. The topological polar surface area (TPSA) is 87.9 Å². The lowest BCUT2D eigenvalue weighted by Crippen LogP contribution is -2.38. The number of piperidine rings is 1. The Morgan fingerprint density at radius 2 is 1.83 bits per heavy atom. The number of H-pyrrole nitrogens is 1. The summed E-state index contributed by atoms with van der Waals surface area (Å²) in [6.07, 6.45) is -3.86. The van der Waals surface area contributed by atoms with E-state index in [1.54, 1.807) is 23.1 Å². The lowest BCUT2D eigenvalue weighted by atomic mass is 9.96. The summed E-state index contributed by atoms with van der Waals surface area (Å²) in [5.41, 5.74) is 1.45. The predicted molar refractivity (Wildman–Crippen MR) is 91.2 cm³/mol. The van der Waals surface area contributed by atoms with Gasteiger partial charge in [-0.25, -0.2) is 4.39 Å². The second-order valence-electron chi connectivity index (χ2n) is 6.68. The summed E-state index contributed by atoms with van der Waals surface area (Å²) < 4.78 is 55.5. The fourth-order valence-corrected chi connectivity index (χ4v) is 3.21. The first-order chi connectivity index (χ1) is 13.8. The van der Waals surface area contributed by atoms with Crippen LogP contribution in [0.3, 0.4) is 0 Å². The number of aromatic nitrogens is 4. The van der Waals surface area contributed by atoms with Crippen LogP contribution in [0.15, 0.2) is 34.7 Å². The van der Waals surface area contributed by atoms with E-state index >= 15 is 0 Å². The Morgan fingerprint density at radius 1 is 1.14 bits per heavy atom. The highest BCUT2D eigenvalue weighted by Gasteiger charge is 2.39. The van der Waals surface area contributed by atoms with Gasteiger partial charge in [-0.1, -0.05) is 0 Å². The first-order valence-electron chi connectivity index (χ1n) is 8.82. The molecule has 7 nitrogen and oxygen atoms in total. The van der Waals surface area contributed by atoms with Gasteiger partial charge in [0.1, 0.15) is 11.5 Å². The van der Waals surface area contributed by atoms with Crippen LogP contribution >= 0.6 is 0 Å². The molecule has 0 bridgehead atoms. The van der Waals surface area contributed by atoms with Crippen LogP contribution in [0.1, 0.15) is 41.0 Å². The Bertz CT molecular complexity index is 1000. The number of alkyl halides is 3. The number of nitrogens with zero attached hydrogens (tertiary/aromatic N) is 4. The third kappa shape index (κ3) is 3.98. The molecule has 0 unspecified atom stereocenters. The van der Waals surface area contributed by atoms with E-state index < -0.39 is 12.1 Å². The van der Waals surface area contributed by atoms with E-state index in [2.05, 4.69) is 20.4 Å². The van der Waals surface area contributed by atoms with Crippen molar-refractivity contribution in [1.82, 2.24) is 25.3 Å². The number of carbonyl (C=O) groups excluding carboxylic acids is 1. The normalized spacial score (nSPS) is 15.7. The minimum absolute atomic E-state index is 0.0652. The zero-order valence-corrected chi connectivity index (χ0v) is 14.9. The number of aromatic amines is 1. The van der Waals surface area contributed by atoms with Crippen molar-refractivity contribution in [2.45, 2.75) is 24.9 Å². The van der Waals surface area contributed by atoms with Gasteiger partial charge in [-0.2, -0.15) is 18.3 Å². The molecule has 1 aliphatic heterocycles. The molecule has 3 heterocycles. The van der Waals surface area contributed by atoms with Crippen LogP contribution in [0.2, 0.25) is 0 Å². The molecule has 11 heteroatoms. The summed E-state index contributed by atoms with van der Waals surface area (Å²) in [5.74, 6) is -2.40. The zero-order valence-electron chi connectivity index (χ0n) is 14.9. The smallest absolute Gasteiger partial charge is 0.417 e. The van der Waals surface area contributed by atoms with Gasteiger partial charge in [0.15, 0.2) is 0 Å². The number of benzene rings is 1. The van der Waals surface area contributed by atoms with E-state index in [0.717, 1.165) is 0 Å². The standard InChI is InChI=1S/C18H15F4N5O2/c19-12-3-1-10(2-4-12)13-9-14(24-23-13)16(28)27-7-5-11(6-8-27)15-25-26-17(29-15)18(20,21)22/h1-4,9,11H,5-8H2,(H,23,24). The summed E-state index contributed by atoms with van der Waals surface area (Å²) >= 11 is 0. The lowest BCUT2D eigenvalue weighted by molar-refractivity contribution is -0.157. The van der Waals surface area contributed by atoms with E-state index in [0.29, 0.717) is 37.2 Å². The van der Waals surface area contributed by atoms with Crippen LogP contribution in [0, 0.1) is 5.82 Å². The maximum absolute atomic E-state index is 13.0. The van der Waals surface area contributed by atoms with Crippen LogP contribution in [-0.2, 0) is 6.18 Å². The number of hydrogen-bond acceptors (Lipinski definition) is 5. The summed E-state index contributed by atoms with van der Waals surface area (Å²) in [4.78, 5) is 14.3. The predicted octanol–water partition coefficient (Wildman–Crippen LogP) is 3.64. The van der Waals surface area contributed by atoms with E-state index in [4.69, 9.17) is 4.42 Å². The average Bonchev–Trinajstić information content (AvgIpc) is 3.38. The summed E-state index contributed by atoms with van der Waals surface area (Å²) in [6, 6.07) is 7.31. The van der Waals surface area contributed by atoms with Gasteiger partial charge in [-0.15, -0.1) is 10.2 Å². The molecule has 1 aromatic carbocycles. The molecule has 1 aliphatic rings. The van der Waals surface area contributed by atoms with E-state index in [1.807, 2.05) is 0 Å². The van der Waals surface area contributed by atoms with Crippen LogP contribution in [0.4, 0.5) is 17.6 Å². The fraction of sp³-hybridized carbons (Fsp3) is 0.333. The molecule has 1 fully saturated rings. The molecule has 2 aromatic heterocycles. The average molecular weight is 409 g/mol. The summed E-state index contributed by atoms with van der Waals surface area (Å²) in [5, 5.41) is 13.3. The number of carbonyl (C=O) groups is 1. The Balaban J connectivity index is 1.39. The first-order valence-corrected chi connectivity index (χ1v) is 8.82. The lowest BCUT2D eigenvalue weighted by Gasteiger charge is -2.30. The van der Waals surface area contributed by atoms with Gasteiger partial charge in [0.25, 0.3) is 5.91 Å².